The number of carbonyl (C=O) groups excluding carboxylic acids is 1. The molecular weight excluding hydrogens is 308 g/mol. The van der Waals surface area contributed by atoms with Gasteiger partial charge in [-0.1, -0.05) is 0 Å². The van der Waals surface area contributed by atoms with Crippen molar-refractivity contribution in [2.75, 3.05) is 20.8 Å². The first kappa shape index (κ1) is 16.6. The van der Waals surface area contributed by atoms with E-state index in [4.69, 9.17) is 14.6 Å². The van der Waals surface area contributed by atoms with E-state index in [0.717, 1.165) is 5.56 Å². The standard InChI is InChI=1S/C14H20N2O5S/c1-9(12-6-10(20-2)4-5-13(12)21-3)16-8-11(7-14(16)17)22(15,18)19/h4-6,9,11H,7-8H2,1-3H3,(H2,15,18,19). The molecule has 0 spiro atoms. The molecule has 1 aromatic rings. The van der Waals surface area contributed by atoms with Gasteiger partial charge in [0.05, 0.1) is 20.3 Å². The van der Waals surface area contributed by atoms with Gasteiger partial charge in [0.15, 0.2) is 0 Å². The number of hydrogen-bond acceptors (Lipinski definition) is 5. The van der Waals surface area contributed by atoms with Crippen LogP contribution in [0.5, 0.6) is 11.5 Å². The zero-order valence-corrected chi connectivity index (χ0v) is 13.6. The summed E-state index contributed by atoms with van der Waals surface area (Å²) in [7, 11) is -0.642. The number of methoxy groups -OCH3 is 2. The number of sulfonamides is 1. The fraction of sp³-hybridized carbons (Fsp3) is 0.500. The van der Waals surface area contributed by atoms with Crippen LogP contribution in [0.15, 0.2) is 18.2 Å². The van der Waals surface area contributed by atoms with E-state index in [-0.39, 0.29) is 24.9 Å². The number of ether oxygens (including phenoxy) is 2. The Morgan fingerprint density at radius 1 is 1.32 bits per heavy atom. The molecule has 1 aliphatic heterocycles. The molecular formula is C14H20N2O5S. The second-order valence-corrected chi connectivity index (χ2v) is 7.09. The maximum absolute atomic E-state index is 12.1. The summed E-state index contributed by atoms with van der Waals surface area (Å²) in [5.74, 6) is 1.01. The first-order valence-electron chi connectivity index (χ1n) is 6.81. The van der Waals surface area contributed by atoms with E-state index in [1.54, 1.807) is 25.3 Å². The summed E-state index contributed by atoms with van der Waals surface area (Å²) in [4.78, 5) is 13.6. The summed E-state index contributed by atoms with van der Waals surface area (Å²) in [5.41, 5.74) is 0.755. The topological polar surface area (TPSA) is 98.9 Å². The average Bonchev–Trinajstić information content (AvgIpc) is 2.88. The van der Waals surface area contributed by atoms with Gasteiger partial charge >= 0.3 is 0 Å². The third-order valence-electron chi connectivity index (χ3n) is 3.94. The van der Waals surface area contributed by atoms with Crippen LogP contribution in [0.3, 0.4) is 0 Å². The molecule has 1 amide bonds. The SMILES string of the molecule is COc1ccc(OC)c(C(C)N2CC(S(N)(=O)=O)CC2=O)c1. The van der Waals surface area contributed by atoms with Crippen LogP contribution >= 0.6 is 0 Å². The predicted octanol–water partition coefficient (Wildman–Crippen LogP) is 0.654. The third-order valence-corrected chi connectivity index (χ3v) is 5.19. The van der Waals surface area contributed by atoms with Crippen molar-refractivity contribution in [3.63, 3.8) is 0 Å². The molecule has 2 N–H and O–H groups in total. The number of amides is 1. The average molecular weight is 328 g/mol. The van der Waals surface area contributed by atoms with E-state index in [0.29, 0.717) is 11.5 Å². The Kier molecular flexibility index (Phi) is 4.62. The number of nitrogens with zero attached hydrogens (tertiary/aromatic N) is 1. The molecule has 0 bridgehead atoms. The quantitative estimate of drug-likeness (QED) is 0.856. The Morgan fingerprint density at radius 2 is 2.00 bits per heavy atom. The monoisotopic (exact) mass is 328 g/mol. The van der Waals surface area contributed by atoms with Gasteiger partial charge in [0, 0.05) is 18.5 Å². The van der Waals surface area contributed by atoms with Gasteiger partial charge in [-0.25, -0.2) is 13.6 Å². The van der Waals surface area contributed by atoms with Crippen LogP contribution in [0.25, 0.3) is 0 Å². The number of likely N-dealkylation sites (tertiary alicyclic amines) is 1. The van der Waals surface area contributed by atoms with Crippen molar-refractivity contribution < 1.29 is 22.7 Å². The lowest BCUT2D eigenvalue weighted by atomic mass is 10.1. The molecule has 0 aliphatic carbocycles. The lowest BCUT2D eigenvalue weighted by molar-refractivity contribution is -0.129. The van der Waals surface area contributed by atoms with E-state index >= 15 is 0 Å². The highest BCUT2D eigenvalue weighted by atomic mass is 32.2. The molecule has 8 heteroatoms. The maximum atomic E-state index is 12.1. The summed E-state index contributed by atoms with van der Waals surface area (Å²) in [6.45, 7) is 1.90. The summed E-state index contributed by atoms with van der Waals surface area (Å²) in [5, 5.41) is 4.29. The predicted molar refractivity (Wildman–Crippen MR) is 81.2 cm³/mol. The van der Waals surface area contributed by atoms with Crippen LogP contribution in [0.2, 0.25) is 0 Å². The number of benzene rings is 1. The Balaban J connectivity index is 2.32. The number of carbonyl (C=O) groups is 1. The second-order valence-electron chi connectivity index (χ2n) is 5.25. The first-order chi connectivity index (χ1) is 10.3. The van der Waals surface area contributed by atoms with Crippen molar-refractivity contribution in [2.24, 2.45) is 5.14 Å². The van der Waals surface area contributed by atoms with Crippen molar-refractivity contribution >= 4 is 15.9 Å². The number of nitrogens with two attached hydrogens (primary N) is 1. The number of rotatable bonds is 5. The third kappa shape index (κ3) is 3.17. The zero-order valence-electron chi connectivity index (χ0n) is 12.8. The van der Waals surface area contributed by atoms with Crippen molar-refractivity contribution in [1.29, 1.82) is 0 Å². The molecule has 1 saturated heterocycles. The van der Waals surface area contributed by atoms with E-state index in [1.807, 2.05) is 6.92 Å². The molecule has 1 aromatic carbocycles. The molecule has 122 valence electrons. The minimum atomic E-state index is -3.73. The molecule has 2 unspecified atom stereocenters. The van der Waals surface area contributed by atoms with Crippen LogP contribution in [0.1, 0.15) is 24.9 Å². The number of hydrogen-bond donors (Lipinski definition) is 1. The Morgan fingerprint density at radius 3 is 2.50 bits per heavy atom. The van der Waals surface area contributed by atoms with Gasteiger partial charge in [0.2, 0.25) is 15.9 Å². The fourth-order valence-corrected chi connectivity index (χ4v) is 3.37. The lowest BCUT2D eigenvalue weighted by Crippen LogP contribution is -2.33. The minimum absolute atomic E-state index is 0.0825. The van der Waals surface area contributed by atoms with E-state index in [2.05, 4.69) is 0 Å². The highest BCUT2D eigenvalue weighted by Gasteiger charge is 2.39. The zero-order chi connectivity index (χ0) is 16.5. The van der Waals surface area contributed by atoms with E-state index in [9.17, 15) is 13.2 Å². The van der Waals surface area contributed by atoms with Crippen LogP contribution in [0.4, 0.5) is 0 Å². The Hall–Kier alpha value is -1.80. The second kappa shape index (κ2) is 6.13. The van der Waals surface area contributed by atoms with Crippen LogP contribution in [-0.2, 0) is 14.8 Å². The Labute approximate surface area is 130 Å². The van der Waals surface area contributed by atoms with Gasteiger partial charge in [-0.2, -0.15) is 0 Å². The van der Waals surface area contributed by atoms with Crippen molar-refractivity contribution in [3.05, 3.63) is 23.8 Å². The Bertz CT molecular complexity index is 674. The summed E-state index contributed by atoms with van der Waals surface area (Å²) in [6, 6.07) is 4.95. The van der Waals surface area contributed by atoms with Crippen molar-refractivity contribution in [3.8, 4) is 11.5 Å². The lowest BCUT2D eigenvalue weighted by Gasteiger charge is -2.26. The maximum Gasteiger partial charge on any atom is 0.224 e. The summed E-state index contributed by atoms with van der Waals surface area (Å²) >= 11 is 0. The van der Waals surface area contributed by atoms with Gasteiger partial charge < -0.3 is 14.4 Å². The molecule has 2 rings (SSSR count). The molecule has 0 radical (unpaired) electrons. The molecule has 2 atom stereocenters. The number of primary sulfonamides is 1. The van der Waals surface area contributed by atoms with Gasteiger partial charge in [-0.15, -0.1) is 0 Å². The van der Waals surface area contributed by atoms with Crippen LogP contribution in [-0.4, -0.2) is 45.2 Å². The molecule has 1 fully saturated rings. The molecule has 1 aliphatic rings. The van der Waals surface area contributed by atoms with E-state index < -0.39 is 15.3 Å². The highest BCUT2D eigenvalue weighted by molar-refractivity contribution is 7.89. The van der Waals surface area contributed by atoms with Gasteiger partial charge in [-0.05, 0) is 25.1 Å². The molecule has 1 heterocycles. The first-order valence-corrected chi connectivity index (χ1v) is 8.42. The summed E-state index contributed by atoms with van der Waals surface area (Å²) in [6.07, 6.45) is -0.0878. The van der Waals surface area contributed by atoms with E-state index in [1.165, 1.54) is 12.0 Å². The highest BCUT2D eigenvalue weighted by Crippen LogP contribution is 2.35. The van der Waals surface area contributed by atoms with Gasteiger partial charge in [0.1, 0.15) is 16.7 Å². The van der Waals surface area contributed by atoms with Crippen LogP contribution in [0, 0.1) is 0 Å². The molecule has 0 aromatic heterocycles. The summed E-state index contributed by atoms with van der Waals surface area (Å²) < 4.78 is 33.4. The van der Waals surface area contributed by atoms with Gasteiger partial charge in [-0.3, -0.25) is 4.79 Å². The largest absolute Gasteiger partial charge is 0.497 e. The smallest absolute Gasteiger partial charge is 0.224 e. The molecule has 7 nitrogen and oxygen atoms in total. The van der Waals surface area contributed by atoms with Crippen molar-refractivity contribution in [2.45, 2.75) is 24.6 Å². The normalized spacial score (nSPS) is 20.1. The van der Waals surface area contributed by atoms with Gasteiger partial charge in [0.25, 0.3) is 0 Å². The molecule has 0 saturated carbocycles. The minimum Gasteiger partial charge on any atom is -0.497 e. The fourth-order valence-electron chi connectivity index (χ4n) is 2.63. The van der Waals surface area contributed by atoms with Crippen molar-refractivity contribution in [1.82, 2.24) is 4.90 Å². The van der Waals surface area contributed by atoms with Crippen LogP contribution < -0.4 is 14.6 Å². The molecule has 22 heavy (non-hydrogen) atoms.